The Bertz CT molecular complexity index is 1320. The largest absolute Gasteiger partial charge is 0.489 e. The van der Waals surface area contributed by atoms with Crippen LogP contribution in [0.4, 0.5) is 4.39 Å². The van der Waals surface area contributed by atoms with E-state index in [0.717, 1.165) is 16.5 Å². The van der Waals surface area contributed by atoms with E-state index < -0.39 is 0 Å². The molecule has 1 aromatic heterocycles. The van der Waals surface area contributed by atoms with Gasteiger partial charge in [-0.05, 0) is 30.3 Å². The third-order valence-corrected chi connectivity index (χ3v) is 5.21. The molecule has 3 aromatic carbocycles. The Balaban J connectivity index is 1.40. The van der Waals surface area contributed by atoms with Crippen LogP contribution in [0.15, 0.2) is 78.7 Å². The van der Waals surface area contributed by atoms with Crippen LogP contribution in [0.5, 0.6) is 11.5 Å². The van der Waals surface area contributed by atoms with Gasteiger partial charge in [-0.15, -0.1) is 0 Å². The maximum absolute atomic E-state index is 13.8. The van der Waals surface area contributed by atoms with E-state index in [2.05, 4.69) is 0 Å². The number of carbonyl (C=O) groups is 1. The maximum atomic E-state index is 13.8. The lowest BCUT2D eigenvalue weighted by atomic mass is 10.1. The van der Waals surface area contributed by atoms with Crippen LogP contribution in [0.2, 0.25) is 0 Å². The fourth-order valence-electron chi connectivity index (χ4n) is 3.66. The summed E-state index contributed by atoms with van der Waals surface area (Å²) in [6.45, 7) is 0.0953. The van der Waals surface area contributed by atoms with Gasteiger partial charge in [-0.1, -0.05) is 36.4 Å². The molecule has 0 amide bonds. The Morgan fingerprint density at radius 1 is 1.07 bits per heavy atom. The number of carbonyl (C=O) groups excluding carboxylic acids is 1. The number of Topliss-reactive ketones (excluding diaryl/α,β-unsaturated/α-hetero) is 1. The highest BCUT2D eigenvalue weighted by Gasteiger charge is 2.28. The van der Waals surface area contributed by atoms with Crippen LogP contribution in [0, 0.1) is 5.82 Å². The smallest absolute Gasteiger partial charge is 0.231 e. The van der Waals surface area contributed by atoms with E-state index >= 15 is 0 Å². The summed E-state index contributed by atoms with van der Waals surface area (Å²) in [6, 6.07) is 19.5. The van der Waals surface area contributed by atoms with Crippen LogP contribution >= 0.6 is 0 Å². The van der Waals surface area contributed by atoms with E-state index in [4.69, 9.17) is 9.47 Å². The molecule has 2 heterocycles. The fraction of sp³-hybridized carbons (Fsp3) is 0.0800. The molecule has 0 fully saturated rings. The van der Waals surface area contributed by atoms with Crippen molar-refractivity contribution in [3.8, 4) is 11.5 Å². The van der Waals surface area contributed by atoms with Gasteiger partial charge < -0.3 is 14.0 Å². The Kier molecular flexibility index (Phi) is 4.36. The number of fused-ring (bicyclic) bond motifs is 2. The van der Waals surface area contributed by atoms with Crippen molar-refractivity contribution in [1.82, 2.24) is 4.57 Å². The molecule has 0 saturated carbocycles. The summed E-state index contributed by atoms with van der Waals surface area (Å²) in [5, 5.41) is 1.05. The number of aromatic nitrogens is 1. The van der Waals surface area contributed by atoms with Gasteiger partial charge in [-0.3, -0.25) is 4.79 Å². The SMILES string of the molecule is Cn1cc(/C=C2/Oc3cc(OCc4ccccc4F)ccc3C2=O)c2ccccc21. The highest BCUT2D eigenvalue weighted by molar-refractivity contribution is 6.15. The molecule has 0 atom stereocenters. The van der Waals surface area contributed by atoms with Gasteiger partial charge in [0.1, 0.15) is 23.9 Å². The molecule has 30 heavy (non-hydrogen) atoms. The third kappa shape index (κ3) is 3.14. The van der Waals surface area contributed by atoms with Crippen LogP contribution in [0.25, 0.3) is 17.0 Å². The number of hydrogen-bond donors (Lipinski definition) is 0. The van der Waals surface area contributed by atoms with Crippen molar-refractivity contribution < 1.29 is 18.7 Å². The number of ketones is 1. The minimum atomic E-state index is -0.314. The van der Waals surface area contributed by atoms with Crippen molar-refractivity contribution in [3.63, 3.8) is 0 Å². The minimum absolute atomic E-state index is 0.0953. The second kappa shape index (κ2) is 7.19. The Labute approximate surface area is 172 Å². The molecule has 1 aliphatic heterocycles. The first-order chi connectivity index (χ1) is 14.6. The number of aryl methyl sites for hydroxylation is 1. The number of rotatable bonds is 4. The molecule has 4 aromatic rings. The lowest BCUT2D eigenvalue weighted by Gasteiger charge is -2.08. The van der Waals surface area contributed by atoms with E-state index in [1.807, 2.05) is 42.1 Å². The number of ether oxygens (including phenoxy) is 2. The molecule has 0 N–H and O–H groups in total. The van der Waals surface area contributed by atoms with Crippen molar-refractivity contribution in [2.45, 2.75) is 6.61 Å². The number of para-hydroxylation sites is 1. The molecule has 0 aliphatic carbocycles. The summed E-state index contributed by atoms with van der Waals surface area (Å²) in [4.78, 5) is 12.8. The molecular formula is C25H18FNO3. The summed E-state index contributed by atoms with van der Waals surface area (Å²) >= 11 is 0. The molecular weight excluding hydrogens is 381 g/mol. The van der Waals surface area contributed by atoms with E-state index in [1.54, 1.807) is 42.5 Å². The molecule has 5 rings (SSSR count). The van der Waals surface area contributed by atoms with Crippen LogP contribution in [-0.4, -0.2) is 10.4 Å². The van der Waals surface area contributed by atoms with Gasteiger partial charge in [0.25, 0.3) is 0 Å². The number of hydrogen-bond acceptors (Lipinski definition) is 3. The molecule has 0 radical (unpaired) electrons. The van der Waals surface area contributed by atoms with Gasteiger partial charge in [-0.2, -0.15) is 0 Å². The number of halogens is 1. The van der Waals surface area contributed by atoms with Gasteiger partial charge in [0, 0.05) is 41.3 Å². The van der Waals surface area contributed by atoms with E-state index in [1.165, 1.54) is 6.07 Å². The average molecular weight is 399 g/mol. The molecule has 4 nitrogen and oxygen atoms in total. The van der Waals surface area contributed by atoms with Gasteiger partial charge in [0.15, 0.2) is 5.76 Å². The van der Waals surface area contributed by atoms with E-state index in [9.17, 15) is 9.18 Å². The van der Waals surface area contributed by atoms with Crippen LogP contribution < -0.4 is 9.47 Å². The summed E-state index contributed by atoms with van der Waals surface area (Å²) in [5.74, 6) is 0.741. The lowest BCUT2D eigenvalue weighted by Crippen LogP contribution is -1.98. The molecule has 0 unspecified atom stereocenters. The second-order valence-corrected chi connectivity index (χ2v) is 7.19. The molecule has 0 saturated heterocycles. The van der Waals surface area contributed by atoms with Gasteiger partial charge in [0.2, 0.25) is 5.78 Å². The van der Waals surface area contributed by atoms with Crippen LogP contribution in [-0.2, 0) is 13.7 Å². The summed E-state index contributed by atoms with van der Waals surface area (Å²) in [7, 11) is 1.97. The number of allylic oxidation sites excluding steroid dienone is 1. The lowest BCUT2D eigenvalue weighted by molar-refractivity contribution is 0.101. The van der Waals surface area contributed by atoms with Crippen molar-refractivity contribution in [2.75, 3.05) is 0 Å². The van der Waals surface area contributed by atoms with Crippen molar-refractivity contribution in [2.24, 2.45) is 7.05 Å². The minimum Gasteiger partial charge on any atom is -0.489 e. The Hall–Kier alpha value is -3.86. The first-order valence-electron chi connectivity index (χ1n) is 9.59. The monoisotopic (exact) mass is 399 g/mol. The van der Waals surface area contributed by atoms with Gasteiger partial charge >= 0.3 is 0 Å². The first kappa shape index (κ1) is 18.2. The van der Waals surface area contributed by atoms with Gasteiger partial charge in [0.05, 0.1) is 5.56 Å². The zero-order valence-corrected chi connectivity index (χ0v) is 16.3. The van der Waals surface area contributed by atoms with Crippen LogP contribution in [0.3, 0.4) is 0 Å². The van der Waals surface area contributed by atoms with Crippen molar-refractivity contribution in [3.05, 3.63) is 101 Å². The summed E-state index contributed by atoms with van der Waals surface area (Å²) in [6.07, 6.45) is 3.74. The zero-order valence-electron chi connectivity index (χ0n) is 16.3. The summed E-state index contributed by atoms with van der Waals surface area (Å²) < 4.78 is 27.3. The molecule has 0 spiro atoms. The van der Waals surface area contributed by atoms with Crippen molar-refractivity contribution >= 4 is 22.8 Å². The molecule has 0 bridgehead atoms. The van der Waals surface area contributed by atoms with E-state index in [0.29, 0.717) is 22.6 Å². The average Bonchev–Trinajstić information content (AvgIpc) is 3.24. The summed E-state index contributed by atoms with van der Waals surface area (Å²) in [5.41, 5.74) is 2.95. The predicted molar refractivity (Wildman–Crippen MR) is 113 cm³/mol. The van der Waals surface area contributed by atoms with Crippen LogP contribution in [0.1, 0.15) is 21.5 Å². The topological polar surface area (TPSA) is 40.5 Å². The molecule has 148 valence electrons. The fourth-order valence-corrected chi connectivity index (χ4v) is 3.66. The molecule has 1 aliphatic rings. The quantitative estimate of drug-likeness (QED) is 0.425. The van der Waals surface area contributed by atoms with E-state index in [-0.39, 0.29) is 24.0 Å². The number of nitrogens with zero attached hydrogens (tertiary/aromatic N) is 1. The second-order valence-electron chi connectivity index (χ2n) is 7.19. The normalized spacial score (nSPS) is 14.2. The molecule has 5 heteroatoms. The standard InChI is InChI=1S/C25H18FNO3/c1-27-14-17(19-7-3-5-9-22(19)27)12-24-25(28)20-11-10-18(13-23(20)30-24)29-15-16-6-2-4-8-21(16)26/h2-14H,15H2,1H3/b24-12+. The van der Waals surface area contributed by atoms with Gasteiger partial charge in [-0.25, -0.2) is 4.39 Å². The van der Waals surface area contributed by atoms with Crippen molar-refractivity contribution in [1.29, 1.82) is 0 Å². The number of benzene rings is 3. The highest BCUT2D eigenvalue weighted by atomic mass is 19.1. The first-order valence-corrected chi connectivity index (χ1v) is 9.59. The Morgan fingerprint density at radius 2 is 1.87 bits per heavy atom. The third-order valence-electron chi connectivity index (χ3n) is 5.21. The Morgan fingerprint density at radius 3 is 2.73 bits per heavy atom. The maximum Gasteiger partial charge on any atom is 0.231 e. The predicted octanol–water partition coefficient (Wildman–Crippen LogP) is 5.51. The highest BCUT2D eigenvalue weighted by Crippen LogP contribution is 2.36. The zero-order chi connectivity index (χ0) is 20.7.